The van der Waals surface area contributed by atoms with E-state index >= 15 is 0 Å². The van der Waals surface area contributed by atoms with Gasteiger partial charge in [-0.2, -0.15) is 11.8 Å². The van der Waals surface area contributed by atoms with Crippen molar-refractivity contribution in [3.63, 3.8) is 0 Å². The summed E-state index contributed by atoms with van der Waals surface area (Å²) in [4.78, 5) is 28.4. The number of aromatic amines is 1. The Kier molecular flexibility index (Phi) is 3.88. The molecule has 1 fully saturated rings. The van der Waals surface area contributed by atoms with Crippen molar-refractivity contribution in [2.45, 2.75) is 12.5 Å². The van der Waals surface area contributed by atoms with Crippen LogP contribution in [-0.2, 0) is 16.0 Å². The minimum atomic E-state index is -0.922. The third kappa shape index (κ3) is 2.76. The average molecular weight is 304 g/mol. The van der Waals surface area contributed by atoms with Gasteiger partial charge < -0.3 is 15.0 Å². The van der Waals surface area contributed by atoms with Gasteiger partial charge in [0.15, 0.2) is 0 Å². The Morgan fingerprint density at radius 1 is 1.38 bits per heavy atom. The molecule has 3 rings (SSSR count). The molecule has 2 heterocycles. The summed E-state index contributed by atoms with van der Waals surface area (Å²) in [6.45, 7) is 0.503. The number of hydrogen-bond acceptors (Lipinski definition) is 3. The molecule has 1 aromatic carbocycles. The number of H-pyrrole nitrogens is 1. The van der Waals surface area contributed by atoms with E-state index in [0.717, 1.165) is 22.2 Å². The topological polar surface area (TPSA) is 73.4 Å². The summed E-state index contributed by atoms with van der Waals surface area (Å²) in [5.74, 6) is 0.222. The normalized spacial score (nSPS) is 18.9. The summed E-state index contributed by atoms with van der Waals surface area (Å²) < 4.78 is 0. The van der Waals surface area contributed by atoms with Crippen LogP contribution in [0.5, 0.6) is 0 Å². The summed E-state index contributed by atoms with van der Waals surface area (Å²) in [5, 5.41) is 10.3. The van der Waals surface area contributed by atoms with E-state index in [1.165, 1.54) is 4.90 Å². The summed E-state index contributed by atoms with van der Waals surface area (Å²) >= 11 is 1.58. The molecule has 2 aromatic rings. The number of carboxylic acids is 1. The zero-order valence-electron chi connectivity index (χ0n) is 11.4. The molecule has 1 aliphatic rings. The second-order valence-electron chi connectivity index (χ2n) is 5.05. The highest BCUT2D eigenvalue weighted by atomic mass is 32.2. The highest BCUT2D eigenvalue weighted by molar-refractivity contribution is 7.99. The van der Waals surface area contributed by atoms with E-state index in [4.69, 9.17) is 0 Å². The van der Waals surface area contributed by atoms with Crippen LogP contribution in [0.4, 0.5) is 0 Å². The maximum absolute atomic E-state index is 12.5. The molecule has 1 aliphatic heterocycles. The predicted octanol–water partition coefficient (Wildman–Crippen LogP) is 1.74. The summed E-state index contributed by atoms with van der Waals surface area (Å²) in [6.07, 6.45) is 2.06. The first-order chi connectivity index (χ1) is 10.2. The van der Waals surface area contributed by atoms with Crippen LogP contribution >= 0.6 is 11.8 Å². The van der Waals surface area contributed by atoms with Crippen LogP contribution < -0.4 is 0 Å². The maximum Gasteiger partial charge on any atom is 0.327 e. The molecule has 1 saturated heterocycles. The molecule has 0 aliphatic carbocycles. The molecule has 1 amide bonds. The van der Waals surface area contributed by atoms with Crippen LogP contribution in [0, 0.1) is 0 Å². The van der Waals surface area contributed by atoms with Crippen molar-refractivity contribution in [1.82, 2.24) is 9.88 Å². The number of amides is 1. The molecule has 110 valence electrons. The number of nitrogens with one attached hydrogen (secondary N) is 1. The molecule has 1 atom stereocenters. The Balaban J connectivity index is 1.80. The highest BCUT2D eigenvalue weighted by Gasteiger charge is 2.32. The molecule has 0 bridgehead atoms. The fourth-order valence-corrected chi connectivity index (χ4v) is 3.69. The van der Waals surface area contributed by atoms with Crippen molar-refractivity contribution in [2.75, 3.05) is 18.1 Å². The predicted molar refractivity (Wildman–Crippen MR) is 82.5 cm³/mol. The standard InChI is InChI=1S/C15H16N2O3S/c18-14(17-5-6-21-9-13(17)15(19)20)7-10-8-16-12-4-2-1-3-11(10)12/h1-4,8,13,16H,5-7,9H2,(H,19,20). The van der Waals surface area contributed by atoms with Crippen molar-refractivity contribution in [3.8, 4) is 0 Å². The number of fused-ring (bicyclic) bond motifs is 1. The number of aromatic nitrogens is 1. The third-order valence-electron chi connectivity index (χ3n) is 3.75. The van der Waals surface area contributed by atoms with Crippen LogP contribution in [0.25, 0.3) is 10.9 Å². The molecule has 0 radical (unpaired) electrons. The molecule has 1 unspecified atom stereocenters. The number of nitrogens with zero attached hydrogens (tertiary/aromatic N) is 1. The van der Waals surface area contributed by atoms with Crippen molar-refractivity contribution in [2.24, 2.45) is 0 Å². The molecule has 0 spiro atoms. The fraction of sp³-hybridized carbons (Fsp3) is 0.333. The van der Waals surface area contributed by atoms with Gasteiger partial charge in [-0.25, -0.2) is 4.79 Å². The van der Waals surface area contributed by atoms with Crippen LogP contribution in [0.15, 0.2) is 30.5 Å². The van der Waals surface area contributed by atoms with Gasteiger partial charge in [-0.1, -0.05) is 18.2 Å². The lowest BCUT2D eigenvalue weighted by atomic mass is 10.1. The van der Waals surface area contributed by atoms with Gasteiger partial charge >= 0.3 is 5.97 Å². The monoisotopic (exact) mass is 304 g/mol. The molecular weight excluding hydrogens is 288 g/mol. The fourth-order valence-electron chi connectivity index (χ4n) is 2.65. The minimum Gasteiger partial charge on any atom is -0.480 e. The Hall–Kier alpha value is -1.95. The van der Waals surface area contributed by atoms with Gasteiger partial charge in [0.25, 0.3) is 0 Å². The number of carbonyl (C=O) groups is 2. The highest BCUT2D eigenvalue weighted by Crippen LogP contribution is 2.21. The van der Waals surface area contributed by atoms with Gasteiger partial charge in [-0.3, -0.25) is 4.79 Å². The molecular formula is C15H16N2O3S. The van der Waals surface area contributed by atoms with E-state index in [2.05, 4.69) is 4.98 Å². The van der Waals surface area contributed by atoms with Gasteiger partial charge in [0.05, 0.1) is 6.42 Å². The first-order valence-electron chi connectivity index (χ1n) is 6.82. The van der Waals surface area contributed by atoms with Gasteiger partial charge in [-0.05, 0) is 11.6 Å². The Bertz CT molecular complexity index is 682. The number of carbonyl (C=O) groups excluding carboxylic acids is 1. The lowest BCUT2D eigenvalue weighted by Gasteiger charge is -2.32. The van der Waals surface area contributed by atoms with Crippen LogP contribution in [0.3, 0.4) is 0 Å². The van der Waals surface area contributed by atoms with Crippen LogP contribution in [0.2, 0.25) is 0 Å². The number of hydrogen-bond donors (Lipinski definition) is 2. The number of para-hydroxylation sites is 1. The molecule has 2 N–H and O–H groups in total. The molecule has 0 saturated carbocycles. The number of thioether (sulfide) groups is 1. The largest absolute Gasteiger partial charge is 0.480 e. The first kappa shape index (κ1) is 14.0. The van der Waals surface area contributed by atoms with Crippen LogP contribution in [-0.4, -0.2) is 51.0 Å². The van der Waals surface area contributed by atoms with Gasteiger partial charge in [-0.15, -0.1) is 0 Å². The first-order valence-corrected chi connectivity index (χ1v) is 7.97. The SMILES string of the molecule is O=C(O)C1CSCCN1C(=O)Cc1c[nH]c2ccccc12. The second-order valence-corrected chi connectivity index (χ2v) is 6.20. The smallest absolute Gasteiger partial charge is 0.327 e. The number of benzene rings is 1. The summed E-state index contributed by atoms with van der Waals surface area (Å²) in [6, 6.07) is 7.09. The van der Waals surface area contributed by atoms with Crippen LogP contribution in [0.1, 0.15) is 5.56 Å². The lowest BCUT2D eigenvalue weighted by molar-refractivity contribution is -0.148. The van der Waals surface area contributed by atoms with Gasteiger partial charge in [0.2, 0.25) is 5.91 Å². The summed E-state index contributed by atoms with van der Waals surface area (Å²) in [7, 11) is 0. The van der Waals surface area contributed by atoms with Crippen molar-refractivity contribution in [1.29, 1.82) is 0 Å². The maximum atomic E-state index is 12.5. The Labute approximate surface area is 126 Å². The van der Waals surface area contributed by atoms with Gasteiger partial charge in [0, 0.05) is 35.2 Å². The third-order valence-corrected chi connectivity index (χ3v) is 4.77. The van der Waals surface area contributed by atoms with Crippen molar-refractivity contribution < 1.29 is 14.7 Å². The molecule has 5 nitrogen and oxygen atoms in total. The van der Waals surface area contributed by atoms with E-state index in [1.54, 1.807) is 11.8 Å². The Morgan fingerprint density at radius 3 is 3.00 bits per heavy atom. The Morgan fingerprint density at radius 2 is 2.19 bits per heavy atom. The van der Waals surface area contributed by atoms with E-state index in [1.807, 2.05) is 30.5 Å². The molecule has 21 heavy (non-hydrogen) atoms. The van der Waals surface area contributed by atoms with Gasteiger partial charge in [0.1, 0.15) is 6.04 Å². The lowest BCUT2D eigenvalue weighted by Crippen LogP contribution is -2.50. The van der Waals surface area contributed by atoms with E-state index in [9.17, 15) is 14.7 Å². The number of carboxylic acid groups (broad SMARTS) is 1. The van der Waals surface area contributed by atoms with Crippen molar-refractivity contribution >= 4 is 34.5 Å². The van der Waals surface area contributed by atoms with E-state index < -0.39 is 12.0 Å². The molecule has 1 aromatic heterocycles. The van der Waals surface area contributed by atoms with E-state index in [0.29, 0.717) is 12.3 Å². The second kappa shape index (κ2) is 5.81. The summed E-state index contributed by atoms with van der Waals surface area (Å²) in [5.41, 5.74) is 1.90. The number of aliphatic carboxylic acids is 1. The van der Waals surface area contributed by atoms with E-state index in [-0.39, 0.29) is 12.3 Å². The number of rotatable bonds is 3. The quantitative estimate of drug-likeness (QED) is 0.906. The zero-order valence-corrected chi connectivity index (χ0v) is 12.2. The van der Waals surface area contributed by atoms with Crippen molar-refractivity contribution in [3.05, 3.63) is 36.0 Å². The molecule has 6 heteroatoms. The minimum absolute atomic E-state index is 0.118. The zero-order chi connectivity index (χ0) is 14.8. The average Bonchev–Trinajstić information content (AvgIpc) is 2.90.